The number of halogens is 1. The molecule has 3 rings (SSSR count). The molecule has 2 N–H and O–H groups in total. The molecular weight excluding hydrogens is 360 g/mol. The summed E-state index contributed by atoms with van der Waals surface area (Å²) < 4.78 is 6.29. The summed E-state index contributed by atoms with van der Waals surface area (Å²) in [5, 5.41) is 14.4. The maximum absolute atomic E-state index is 5.34. The molecule has 0 amide bonds. The number of ether oxygens (including phenoxy) is 1. The third-order valence-corrected chi connectivity index (χ3v) is 4.21. The maximum atomic E-state index is 5.34. The molecule has 2 heterocycles. The van der Waals surface area contributed by atoms with Crippen molar-refractivity contribution in [1.29, 1.82) is 0 Å². The van der Waals surface area contributed by atoms with Crippen LogP contribution in [0.4, 0.5) is 17.5 Å². The molecule has 1 aliphatic heterocycles. The van der Waals surface area contributed by atoms with Crippen molar-refractivity contribution in [3.05, 3.63) is 34.9 Å². The monoisotopic (exact) mass is 378 g/mol. The molecule has 2 aromatic rings. The minimum atomic E-state index is 0.466. The molecule has 0 spiro atoms. The van der Waals surface area contributed by atoms with Crippen molar-refractivity contribution in [2.24, 2.45) is 0 Å². The molecule has 8 heteroatoms. The Balaban J connectivity index is 1.53. The highest BCUT2D eigenvalue weighted by Gasteiger charge is 2.09. The highest BCUT2D eigenvalue weighted by Crippen LogP contribution is 2.23. The molecule has 1 fully saturated rings. The molecule has 0 unspecified atom stereocenters. The highest BCUT2D eigenvalue weighted by molar-refractivity contribution is 9.10. The summed E-state index contributed by atoms with van der Waals surface area (Å²) in [6.07, 6.45) is 1.63. The molecule has 1 aromatic heterocycles. The van der Waals surface area contributed by atoms with Crippen LogP contribution in [0.25, 0.3) is 0 Å². The van der Waals surface area contributed by atoms with Crippen molar-refractivity contribution in [3.8, 4) is 0 Å². The first-order valence-electron chi connectivity index (χ1n) is 7.56. The van der Waals surface area contributed by atoms with Gasteiger partial charge in [-0.1, -0.05) is 12.1 Å². The Morgan fingerprint density at radius 2 is 2.04 bits per heavy atom. The van der Waals surface area contributed by atoms with Crippen molar-refractivity contribution in [2.75, 3.05) is 50.0 Å². The van der Waals surface area contributed by atoms with Gasteiger partial charge in [-0.3, -0.25) is 4.90 Å². The Morgan fingerprint density at radius 1 is 1.22 bits per heavy atom. The van der Waals surface area contributed by atoms with E-state index in [9.17, 15) is 0 Å². The van der Waals surface area contributed by atoms with Crippen LogP contribution in [0.3, 0.4) is 0 Å². The van der Waals surface area contributed by atoms with Crippen molar-refractivity contribution in [3.63, 3.8) is 0 Å². The zero-order valence-corrected chi connectivity index (χ0v) is 14.3. The van der Waals surface area contributed by atoms with E-state index in [1.807, 2.05) is 24.3 Å². The fourth-order valence-corrected chi connectivity index (χ4v) is 2.68. The van der Waals surface area contributed by atoms with Gasteiger partial charge in [0.05, 0.1) is 25.1 Å². The van der Waals surface area contributed by atoms with E-state index >= 15 is 0 Å². The van der Waals surface area contributed by atoms with Gasteiger partial charge in [-0.2, -0.15) is 10.1 Å². The van der Waals surface area contributed by atoms with E-state index in [4.69, 9.17) is 4.74 Å². The zero-order valence-electron chi connectivity index (χ0n) is 12.7. The Morgan fingerprint density at radius 3 is 2.87 bits per heavy atom. The second-order valence-corrected chi connectivity index (χ2v) is 6.01. The van der Waals surface area contributed by atoms with Crippen LogP contribution in [-0.4, -0.2) is 59.5 Å². The predicted molar refractivity (Wildman–Crippen MR) is 93.0 cm³/mol. The lowest BCUT2D eigenvalue weighted by Crippen LogP contribution is -2.39. The van der Waals surface area contributed by atoms with E-state index < -0.39 is 0 Å². The summed E-state index contributed by atoms with van der Waals surface area (Å²) in [7, 11) is 0. The summed E-state index contributed by atoms with van der Waals surface area (Å²) in [6.45, 7) is 5.37. The van der Waals surface area contributed by atoms with E-state index in [1.54, 1.807) is 6.20 Å². The van der Waals surface area contributed by atoms with Gasteiger partial charge in [0, 0.05) is 30.7 Å². The lowest BCUT2D eigenvalue weighted by atomic mass is 10.3. The van der Waals surface area contributed by atoms with Crippen molar-refractivity contribution >= 4 is 33.4 Å². The summed E-state index contributed by atoms with van der Waals surface area (Å²) in [4.78, 5) is 6.80. The van der Waals surface area contributed by atoms with Crippen LogP contribution in [0.1, 0.15) is 0 Å². The first kappa shape index (κ1) is 16.1. The molecule has 0 atom stereocenters. The molecule has 1 aromatic carbocycles. The summed E-state index contributed by atoms with van der Waals surface area (Å²) >= 11 is 3.49. The zero-order chi connectivity index (χ0) is 15.9. The Kier molecular flexibility index (Phi) is 5.73. The van der Waals surface area contributed by atoms with Gasteiger partial charge in [0.2, 0.25) is 5.95 Å². The smallest absolute Gasteiger partial charge is 0.249 e. The van der Waals surface area contributed by atoms with Crippen LogP contribution in [0.5, 0.6) is 0 Å². The number of anilines is 3. The molecule has 0 aliphatic carbocycles. The SMILES string of the molecule is Brc1ccccc1Nc1nncc(NCCN2CCOCC2)n1. The first-order chi connectivity index (χ1) is 11.3. The van der Waals surface area contributed by atoms with E-state index in [2.05, 4.69) is 46.6 Å². The molecule has 23 heavy (non-hydrogen) atoms. The van der Waals surface area contributed by atoms with Crippen LogP contribution < -0.4 is 10.6 Å². The topological polar surface area (TPSA) is 75.2 Å². The van der Waals surface area contributed by atoms with Gasteiger partial charge in [0.15, 0.2) is 5.82 Å². The Labute approximate surface area is 143 Å². The van der Waals surface area contributed by atoms with Crippen molar-refractivity contribution in [2.45, 2.75) is 0 Å². The number of nitrogens with one attached hydrogen (secondary N) is 2. The van der Waals surface area contributed by atoms with Gasteiger partial charge in [-0.05, 0) is 28.1 Å². The van der Waals surface area contributed by atoms with E-state index in [0.29, 0.717) is 11.8 Å². The number of benzene rings is 1. The van der Waals surface area contributed by atoms with Crippen LogP contribution >= 0.6 is 15.9 Å². The average molecular weight is 379 g/mol. The number of hydrogen-bond acceptors (Lipinski definition) is 7. The molecule has 7 nitrogen and oxygen atoms in total. The molecule has 1 aliphatic rings. The van der Waals surface area contributed by atoms with Crippen LogP contribution in [0.2, 0.25) is 0 Å². The normalized spacial score (nSPS) is 15.3. The molecule has 0 saturated carbocycles. The summed E-state index contributed by atoms with van der Waals surface area (Å²) in [6, 6.07) is 7.81. The summed E-state index contributed by atoms with van der Waals surface area (Å²) in [5.41, 5.74) is 0.903. The Bertz CT molecular complexity index is 635. The summed E-state index contributed by atoms with van der Waals surface area (Å²) in [5.74, 6) is 1.18. The number of aromatic nitrogens is 3. The molecule has 0 bridgehead atoms. The third kappa shape index (κ3) is 4.85. The van der Waals surface area contributed by atoms with Gasteiger partial charge in [-0.25, -0.2) is 0 Å². The van der Waals surface area contributed by atoms with Gasteiger partial charge >= 0.3 is 0 Å². The molecule has 0 radical (unpaired) electrons. The van der Waals surface area contributed by atoms with Crippen LogP contribution in [0.15, 0.2) is 34.9 Å². The Hall–Kier alpha value is -1.77. The fraction of sp³-hybridized carbons (Fsp3) is 0.400. The standard InChI is InChI=1S/C15H19BrN6O/c16-12-3-1-2-4-13(12)19-15-20-14(11-18-21-15)17-5-6-22-7-9-23-10-8-22/h1-4,11H,5-10H2,(H2,17,19,20,21). The lowest BCUT2D eigenvalue weighted by molar-refractivity contribution is 0.0398. The van der Waals surface area contributed by atoms with Crippen molar-refractivity contribution in [1.82, 2.24) is 20.1 Å². The van der Waals surface area contributed by atoms with Crippen LogP contribution in [-0.2, 0) is 4.74 Å². The second kappa shape index (κ2) is 8.19. The number of nitrogens with zero attached hydrogens (tertiary/aromatic N) is 4. The van der Waals surface area contributed by atoms with Gasteiger partial charge in [0.25, 0.3) is 0 Å². The van der Waals surface area contributed by atoms with E-state index in [1.165, 1.54) is 0 Å². The van der Waals surface area contributed by atoms with Crippen LogP contribution in [0, 0.1) is 0 Å². The molecule has 122 valence electrons. The highest BCUT2D eigenvalue weighted by atomic mass is 79.9. The maximum Gasteiger partial charge on any atom is 0.249 e. The van der Waals surface area contributed by atoms with E-state index in [-0.39, 0.29) is 0 Å². The minimum Gasteiger partial charge on any atom is -0.379 e. The average Bonchev–Trinajstić information content (AvgIpc) is 2.58. The van der Waals surface area contributed by atoms with Gasteiger partial charge in [-0.15, -0.1) is 5.10 Å². The second-order valence-electron chi connectivity index (χ2n) is 5.15. The number of hydrogen-bond donors (Lipinski definition) is 2. The quantitative estimate of drug-likeness (QED) is 0.796. The fourth-order valence-electron chi connectivity index (χ4n) is 2.29. The number of para-hydroxylation sites is 1. The largest absolute Gasteiger partial charge is 0.379 e. The predicted octanol–water partition coefficient (Wildman–Crippen LogP) is 2.12. The van der Waals surface area contributed by atoms with Gasteiger partial charge < -0.3 is 15.4 Å². The molecular formula is C15H19BrN6O. The lowest BCUT2D eigenvalue weighted by Gasteiger charge is -2.26. The number of rotatable bonds is 6. The molecule has 1 saturated heterocycles. The first-order valence-corrected chi connectivity index (χ1v) is 8.36. The third-order valence-electron chi connectivity index (χ3n) is 3.52. The number of morpholine rings is 1. The van der Waals surface area contributed by atoms with Crippen molar-refractivity contribution < 1.29 is 4.74 Å². The van der Waals surface area contributed by atoms with E-state index in [0.717, 1.165) is 49.6 Å². The minimum absolute atomic E-state index is 0.466. The van der Waals surface area contributed by atoms with Gasteiger partial charge in [0.1, 0.15) is 0 Å².